The SMILES string of the molecule is C=[N+]([O-])c1ccc(COC(=O)NCC(Cc2ccccc2)(c2cccc(OC(F)(F)F)c2)c2cccc(OC(F)(F)F)c2)cc1. The van der Waals surface area contributed by atoms with Crippen molar-refractivity contribution in [2.45, 2.75) is 31.2 Å². The number of ether oxygens (including phenoxy) is 3. The molecule has 4 rings (SSSR count). The predicted octanol–water partition coefficient (Wildman–Crippen LogP) is 7.78. The van der Waals surface area contributed by atoms with E-state index in [0.29, 0.717) is 15.9 Å². The van der Waals surface area contributed by atoms with Gasteiger partial charge >= 0.3 is 18.8 Å². The smallest absolute Gasteiger partial charge is 0.573 e. The van der Waals surface area contributed by atoms with E-state index in [2.05, 4.69) is 21.5 Å². The van der Waals surface area contributed by atoms with Gasteiger partial charge in [0.1, 0.15) is 24.8 Å². The van der Waals surface area contributed by atoms with E-state index < -0.39 is 35.7 Å². The predicted molar refractivity (Wildman–Crippen MR) is 152 cm³/mol. The first-order valence-electron chi connectivity index (χ1n) is 13.3. The number of nitrogens with one attached hydrogen (secondary N) is 1. The van der Waals surface area contributed by atoms with Crippen molar-refractivity contribution in [3.8, 4) is 11.5 Å². The van der Waals surface area contributed by atoms with E-state index >= 15 is 0 Å². The van der Waals surface area contributed by atoms with Gasteiger partial charge in [0.05, 0.1) is 0 Å². The molecule has 0 aliphatic rings. The van der Waals surface area contributed by atoms with E-state index in [-0.39, 0.29) is 36.4 Å². The second-order valence-corrected chi connectivity index (χ2v) is 9.87. The van der Waals surface area contributed by atoms with Gasteiger partial charge in [0.25, 0.3) is 0 Å². The number of hydrogen-bond donors (Lipinski definition) is 1. The molecule has 0 bridgehead atoms. The second kappa shape index (κ2) is 13.6. The molecule has 0 saturated heterocycles. The van der Waals surface area contributed by atoms with E-state index in [4.69, 9.17) is 4.74 Å². The lowest BCUT2D eigenvalue weighted by Crippen LogP contribution is -2.43. The molecule has 0 fully saturated rings. The second-order valence-electron chi connectivity index (χ2n) is 9.87. The summed E-state index contributed by atoms with van der Waals surface area (Å²) < 4.78 is 92.9. The van der Waals surface area contributed by atoms with Crippen molar-refractivity contribution in [1.82, 2.24) is 5.32 Å². The summed E-state index contributed by atoms with van der Waals surface area (Å²) in [5.41, 5.74) is 0.424. The maximum atomic E-state index is 13.2. The van der Waals surface area contributed by atoms with Gasteiger partial charge < -0.3 is 24.7 Å². The van der Waals surface area contributed by atoms with Crippen LogP contribution in [0.25, 0.3) is 0 Å². The van der Waals surface area contributed by atoms with Gasteiger partial charge in [-0.25, -0.2) is 4.79 Å². The molecule has 0 heterocycles. The fraction of sp³-hybridized carbons (Fsp3) is 0.188. The van der Waals surface area contributed by atoms with Crippen molar-refractivity contribution >= 4 is 18.5 Å². The Morgan fingerprint density at radius 3 is 1.76 bits per heavy atom. The highest BCUT2D eigenvalue weighted by Crippen LogP contribution is 2.40. The lowest BCUT2D eigenvalue weighted by molar-refractivity contribution is -0.349. The van der Waals surface area contributed by atoms with Crippen LogP contribution in [0.1, 0.15) is 22.3 Å². The zero-order chi connectivity index (χ0) is 32.7. The van der Waals surface area contributed by atoms with Crippen LogP contribution < -0.4 is 14.8 Å². The first-order valence-corrected chi connectivity index (χ1v) is 13.3. The molecule has 13 heteroatoms. The largest absolute Gasteiger partial charge is 0.619 e. The molecule has 0 aliphatic heterocycles. The van der Waals surface area contributed by atoms with Crippen molar-refractivity contribution in [2.75, 3.05) is 6.54 Å². The minimum atomic E-state index is -5.01. The molecule has 0 spiro atoms. The highest BCUT2D eigenvalue weighted by atomic mass is 19.4. The first-order chi connectivity index (χ1) is 21.2. The van der Waals surface area contributed by atoms with Crippen molar-refractivity contribution < 1.29 is 50.1 Å². The number of alkyl halides is 6. The van der Waals surface area contributed by atoms with Crippen molar-refractivity contribution in [1.29, 1.82) is 0 Å². The molecule has 45 heavy (non-hydrogen) atoms. The normalized spacial score (nSPS) is 11.9. The summed E-state index contributed by atoms with van der Waals surface area (Å²) in [4.78, 5) is 12.9. The number of carbonyl (C=O) groups excluding carboxylic acids is 1. The molecule has 1 N–H and O–H groups in total. The van der Waals surface area contributed by atoms with Crippen LogP contribution in [-0.2, 0) is 23.2 Å². The molecule has 0 aliphatic carbocycles. The number of rotatable bonds is 11. The first kappa shape index (κ1) is 32.7. The fourth-order valence-corrected chi connectivity index (χ4v) is 4.74. The lowest BCUT2D eigenvalue weighted by Gasteiger charge is -2.36. The van der Waals surface area contributed by atoms with Crippen LogP contribution in [0.4, 0.5) is 36.8 Å². The molecular formula is C32H26F6N2O5. The summed E-state index contributed by atoms with van der Waals surface area (Å²) in [5, 5.41) is 13.9. The Labute approximate surface area is 253 Å². The van der Waals surface area contributed by atoms with Gasteiger partial charge in [0, 0.05) is 24.1 Å². The molecule has 1 amide bonds. The summed E-state index contributed by atoms with van der Waals surface area (Å²) in [6.45, 7) is 2.72. The number of alkyl carbamates (subject to hydrolysis) is 1. The Balaban J connectivity index is 1.74. The molecule has 0 aromatic heterocycles. The molecule has 4 aromatic carbocycles. The van der Waals surface area contributed by atoms with Crippen LogP contribution in [-0.4, -0.2) is 36.8 Å². The minimum Gasteiger partial charge on any atom is -0.619 e. The highest BCUT2D eigenvalue weighted by molar-refractivity contribution is 5.68. The summed E-state index contributed by atoms with van der Waals surface area (Å²) >= 11 is 0. The van der Waals surface area contributed by atoms with E-state index in [1.807, 2.05) is 0 Å². The zero-order valence-corrected chi connectivity index (χ0v) is 23.4. The maximum absolute atomic E-state index is 13.2. The van der Waals surface area contributed by atoms with E-state index in [0.717, 1.165) is 24.3 Å². The Kier molecular flexibility index (Phi) is 9.90. The monoisotopic (exact) mass is 632 g/mol. The number of carbonyl (C=O) groups is 1. The number of hydrogen-bond acceptors (Lipinski definition) is 5. The van der Waals surface area contributed by atoms with Gasteiger partial charge in [-0.2, -0.15) is 4.74 Å². The van der Waals surface area contributed by atoms with Gasteiger partial charge in [-0.3, -0.25) is 0 Å². The summed E-state index contributed by atoms with van der Waals surface area (Å²) in [6.07, 6.45) is -10.9. The maximum Gasteiger partial charge on any atom is 0.573 e. The molecule has 0 saturated carbocycles. The molecule has 7 nitrogen and oxygen atoms in total. The Hall–Kier alpha value is -5.20. The summed E-state index contributed by atoms with van der Waals surface area (Å²) in [6, 6.07) is 24.7. The van der Waals surface area contributed by atoms with Crippen molar-refractivity contribution in [3.05, 3.63) is 131 Å². The molecular weight excluding hydrogens is 606 g/mol. The molecule has 0 radical (unpaired) electrons. The average molecular weight is 633 g/mol. The molecule has 236 valence electrons. The topological polar surface area (TPSA) is 82.9 Å². The Morgan fingerprint density at radius 2 is 1.27 bits per heavy atom. The van der Waals surface area contributed by atoms with E-state index in [9.17, 15) is 36.3 Å². The lowest BCUT2D eigenvalue weighted by atomic mass is 9.70. The van der Waals surface area contributed by atoms with Crippen LogP contribution in [0.3, 0.4) is 0 Å². The number of amides is 1. The third-order valence-electron chi connectivity index (χ3n) is 6.72. The van der Waals surface area contributed by atoms with Crippen LogP contribution in [0.15, 0.2) is 103 Å². The van der Waals surface area contributed by atoms with Crippen LogP contribution in [0.2, 0.25) is 0 Å². The van der Waals surface area contributed by atoms with Gasteiger partial charge in [-0.15, -0.1) is 26.3 Å². The highest BCUT2D eigenvalue weighted by Gasteiger charge is 2.38. The average Bonchev–Trinajstić information content (AvgIpc) is 2.97. The molecule has 0 atom stereocenters. The van der Waals surface area contributed by atoms with E-state index in [1.165, 1.54) is 36.4 Å². The van der Waals surface area contributed by atoms with Gasteiger partial charge in [-0.05, 0) is 65.1 Å². The van der Waals surface area contributed by atoms with E-state index in [1.54, 1.807) is 42.5 Å². The van der Waals surface area contributed by atoms with Gasteiger partial charge in [-0.1, -0.05) is 54.6 Å². The Morgan fingerprint density at radius 1 is 0.733 bits per heavy atom. The number of benzene rings is 4. The third kappa shape index (κ3) is 9.39. The van der Waals surface area contributed by atoms with Crippen LogP contribution in [0, 0.1) is 5.21 Å². The molecule has 4 aromatic rings. The quantitative estimate of drug-likeness (QED) is 0.0601. The minimum absolute atomic E-state index is 0.0251. The van der Waals surface area contributed by atoms with Crippen LogP contribution in [0.5, 0.6) is 11.5 Å². The summed E-state index contributed by atoms with van der Waals surface area (Å²) in [5.74, 6) is -1.13. The number of nitrogens with zero attached hydrogens (tertiary/aromatic N) is 1. The van der Waals surface area contributed by atoms with Gasteiger partial charge in [0.2, 0.25) is 5.69 Å². The third-order valence-corrected chi connectivity index (χ3v) is 6.72. The van der Waals surface area contributed by atoms with Gasteiger partial charge in [0.15, 0.2) is 0 Å². The summed E-state index contributed by atoms with van der Waals surface area (Å²) in [7, 11) is 0. The standard InChI is InChI=1S/C32H26F6N2O5/c1-40(42)26-15-13-23(14-16-26)20-43-29(41)39-21-30(19-22-7-3-2-4-8-22,24-9-5-11-27(17-24)44-31(33,34)35)25-10-6-12-28(18-25)45-32(36,37)38/h2-18H,1,19-21H2,(H,39,41). The number of halogens is 6. The van der Waals surface area contributed by atoms with Crippen molar-refractivity contribution in [3.63, 3.8) is 0 Å². The Bertz CT molecular complexity index is 1550. The van der Waals surface area contributed by atoms with Crippen molar-refractivity contribution in [2.24, 2.45) is 0 Å². The van der Waals surface area contributed by atoms with Crippen LogP contribution >= 0.6 is 0 Å². The zero-order valence-electron chi connectivity index (χ0n) is 23.4. The molecule has 0 unspecified atom stereocenters. The fourth-order valence-electron chi connectivity index (χ4n) is 4.74.